The first-order chi connectivity index (χ1) is 16.0. The second kappa shape index (κ2) is 10.5. The Bertz CT molecular complexity index is 1370. The zero-order valence-electron chi connectivity index (χ0n) is 17.6. The lowest BCUT2D eigenvalue weighted by Crippen LogP contribution is -2.24. The number of thioether (sulfide) groups is 1. The van der Waals surface area contributed by atoms with Crippen molar-refractivity contribution in [2.24, 2.45) is 5.10 Å². The van der Waals surface area contributed by atoms with Crippen LogP contribution in [-0.2, 0) is 4.79 Å². The molecule has 9 heteroatoms. The number of methoxy groups -OCH3 is 1. The van der Waals surface area contributed by atoms with E-state index in [0.29, 0.717) is 21.7 Å². The van der Waals surface area contributed by atoms with E-state index in [2.05, 4.69) is 31.4 Å². The quantitative estimate of drug-likeness (QED) is 0.168. The minimum atomic E-state index is -0.311. The molecule has 1 aromatic heterocycles. The maximum atomic E-state index is 13.2. The van der Waals surface area contributed by atoms with E-state index in [-0.39, 0.29) is 17.2 Å². The summed E-state index contributed by atoms with van der Waals surface area (Å²) in [6.07, 6.45) is 1.55. The normalized spacial score (nSPS) is 11.1. The molecule has 0 saturated carbocycles. The third-order valence-electron chi connectivity index (χ3n) is 4.68. The summed E-state index contributed by atoms with van der Waals surface area (Å²) in [5.74, 6) is 0.475. The topological polar surface area (TPSA) is 85.6 Å². The van der Waals surface area contributed by atoms with Gasteiger partial charge in [-0.05, 0) is 66.2 Å². The Balaban J connectivity index is 1.53. The van der Waals surface area contributed by atoms with Crippen molar-refractivity contribution in [2.75, 3.05) is 12.9 Å². The average Bonchev–Trinajstić information content (AvgIpc) is 2.84. The molecule has 0 atom stereocenters. The number of nitrogens with one attached hydrogen (secondary N) is 1. The summed E-state index contributed by atoms with van der Waals surface area (Å²) in [6, 6.07) is 21.8. The van der Waals surface area contributed by atoms with Gasteiger partial charge in [-0.25, -0.2) is 10.4 Å². The first-order valence-electron chi connectivity index (χ1n) is 9.91. The maximum Gasteiger partial charge on any atom is 0.266 e. The van der Waals surface area contributed by atoms with Crippen molar-refractivity contribution < 1.29 is 9.53 Å². The van der Waals surface area contributed by atoms with Crippen LogP contribution in [0.4, 0.5) is 0 Å². The number of hydrogen-bond donors (Lipinski definition) is 1. The van der Waals surface area contributed by atoms with Crippen molar-refractivity contribution in [1.82, 2.24) is 15.0 Å². The summed E-state index contributed by atoms with van der Waals surface area (Å²) in [4.78, 5) is 30.2. The fourth-order valence-corrected chi connectivity index (χ4v) is 4.13. The Morgan fingerprint density at radius 2 is 1.85 bits per heavy atom. The number of hydrogen-bond acceptors (Lipinski definition) is 6. The lowest BCUT2D eigenvalue weighted by atomic mass is 10.2. The van der Waals surface area contributed by atoms with Crippen LogP contribution in [0.2, 0.25) is 0 Å². The van der Waals surface area contributed by atoms with Gasteiger partial charge in [0.25, 0.3) is 11.5 Å². The zero-order valence-corrected chi connectivity index (χ0v) is 20.0. The largest absolute Gasteiger partial charge is 0.497 e. The van der Waals surface area contributed by atoms with Gasteiger partial charge in [0.05, 0.1) is 35.7 Å². The van der Waals surface area contributed by atoms with Crippen LogP contribution < -0.4 is 15.7 Å². The predicted octanol–water partition coefficient (Wildman–Crippen LogP) is 4.40. The highest BCUT2D eigenvalue weighted by atomic mass is 79.9. The molecule has 1 N–H and O–H groups in total. The second-order valence-corrected chi connectivity index (χ2v) is 8.74. The number of halogens is 1. The number of carbonyl (C=O) groups excluding carboxylic acids is 1. The Morgan fingerprint density at radius 3 is 2.58 bits per heavy atom. The van der Waals surface area contributed by atoms with Crippen molar-refractivity contribution in [3.8, 4) is 11.4 Å². The smallest absolute Gasteiger partial charge is 0.266 e. The molecular formula is C24H19BrN4O3S. The van der Waals surface area contributed by atoms with Crippen LogP contribution >= 0.6 is 27.7 Å². The Hall–Kier alpha value is -3.43. The molecule has 33 heavy (non-hydrogen) atoms. The summed E-state index contributed by atoms with van der Waals surface area (Å²) < 4.78 is 7.54. The van der Waals surface area contributed by atoms with E-state index in [0.717, 1.165) is 15.8 Å². The first-order valence-corrected chi connectivity index (χ1v) is 11.7. The number of nitrogens with zero attached hydrogens (tertiary/aromatic N) is 3. The van der Waals surface area contributed by atoms with Crippen molar-refractivity contribution >= 4 is 50.7 Å². The first kappa shape index (κ1) is 22.8. The number of aromatic nitrogens is 2. The fraction of sp³-hybridized carbons (Fsp3) is 0.0833. The number of ether oxygens (including phenoxy) is 1. The van der Waals surface area contributed by atoms with Gasteiger partial charge in [-0.2, -0.15) is 5.10 Å². The molecule has 0 aliphatic carbocycles. The van der Waals surface area contributed by atoms with Crippen molar-refractivity contribution in [3.63, 3.8) is 0 Å². The average molecular weight is 523 g/mol. The molecule has 0 saturated heterocycles. The van der Waals surface area contributed by atoms with Crippen LogP contribution in [-0.4, -0.2) is 34.5 Å². The Labute approximate surface area is 202 Å². The molecule has 0 spiro atoms. The molecule has 0 aliphatic rings. The van der Waals surface area contributed by atoms with Gasteiger partial charge >= 0.3 is 0 Å². The molecule has 0 radical (unpaired) electrons. The standard InChI is InChI=1S/C24H19BrN4O3S/c1-32-19-12-6-16(7-13-19)14-26-28-22(30)15-33-24-27-21-5-3-2-4-20(21)23(31)29(24)18-10-8-17(25)9-11-18/h2-14H,15H2,1H3,(H,28,30). The predicted molar refractivity (Wildman–Crippen MR) is 134 cm³/mol. The highest BCUT2D eigenvalue weighted by Crippen LogP contribution is 2.22. The minimum absolute atomic E-state index is 0.0429. The van der Waals surface area contributed by atoms with Crippen LogP contribution in [0.1, 0.15) is 5.56 Å². The molecule has 4 rings (SSSR count). The number of amides is 1. The lowest BCUT2D eigenvalue weighted by molar-refractivity contribution is -0.118. The molecule has 166 valence electrons. The van der Waals surface area contributed by atoms with Crippen LogP contribution in [0.5, 0.6) is 5.75 Å². The monoisotopic (exact) mass is 522 g/mol. The molecule has 0 bridgehead atoms. The molecule has 1 heterocycles. The van der Waals surface area contributed by atoms with E-state index in [1.165, 1.54) is 16.3 Å². The van der Waals surface area contributed by atoms with E-state index in [1.54, 1.807) is 31.5 Å². The number of carbonyl (C=O) groups is 1. The SMILES string of the molecule is COc1ccc(C=NNC(=O)CSc2nc3ccccc3c(=O)n2-c2ccc(Br)cc2)cc1. The van der Waals surface area contributed by atoms with E-state index in [4.69, 9.17) is 4.74 Å². The Kier molecular flexibility index (Phi) is 7.21. The zero-order chi connectivity index (χ0) is 23.2. The van der Waals surface area contributed by atoms with Crippen LogP contribution in [0.15, 0.2) is 92.3 Å². The third kappa shape index (κ3) is 5.50. The number of fused-ring (bicyclic) bond motifs is 1. The van der Waals surface area contributed by atoms with Crippen LogP contribution in [0, 0.1) is 0 Å². The fourth-order valence-electron chi connectivity index (χ4n) is 3.06. The summed E-state index contributed by atoms with van der Waals surface area (Å²) in [6.45, 7) is 0. The molecular weight excluding hydrogens is 504 g/mol. The molecule has 1 amide bonds. The molecule has 0 aliphatic heterocycles. The molecule has 7 nitrogen and oxygen atoms in total. The second-order valence-electron chi connectivity index (χ2n) is 6.88. The molecule has 0 unspecified atom stereocenters. The van der Waals surface area contributed by atoms with Crippen molar-refractivity contribution in [3.05, 3.63) is 93.2 Å². The summed E-state index contributed by atoms with van der Waals surface area (Å²) in [5, 5.41) is 4.93. The van der Waals surface area contributed by atoms with Gasteiger partial charge in [-0.1, -0.05) is 39.8 Å². The molecule has 3 aromatic carbocycles. The Morgan fingerprint density at radius 1 is 1.12 bits per heavy atom. The molecule has 4 aromatic rings. The van der Waals surface area contributed by atoms with E-state index >= 15 is 0 Å². The lowest BCUT2D eigenvalue weighted by Gasteiger charge is -2.13. The molecule has 0 fully saturated rings. The van der Waals surface area contributed by atoms with Gasteiger partial charge < -0.3 is 4.74 Å². The maximum absolute atomic E-state index is 13.2. The van der Waals surface area contributed by atoms with Gasteiger partial charge in [0, 0.05) is 4.47 Å². The van der Waals surface area contributed by atoms with Gasteiger partial charge in [-0.3, -0.25) is 14.2 Å². The van der Waals surface area contributed by atoms with Crippen molar-refractivity contribution in [2.45, 2.75) is 5.16 Å². The van der Waals surface area contributed by atoms with Crippen LogP contribution in [0.25, 0.3) is 16.6 Å². The van der Waals surface area contributed by atoms with Gasteiger partial charge in [0.2, 0.25) is 0 Å². The van der Waals surface area contributed by atoms with Crippen molar-refractivity contribution in [1.29, 1.82) is 0 Å². The summed E-state index contributed by atoms with van der Waals surface area (Å²) in [7, 11) is 1.60. The third-order valence-corrected chi connectivity index (χ3v) is 6.15. The van der Waals surface area contributed by atoms with E-state index in [1.807, 2.05) is 54.6 Å². The number of para-hydroxylation sites is 1. The van der Waals surface area contributed by atoms with Gasteiger partial charge in [0.1, 0.15) is 5.75 Å². The number of hydrazone groups is 1. The highest BCUT2D eigenvalue weighted by molar-refractivity contribution is 9.10. The summed E-state index contributed by atoms with van der Waals surface area (Å²) in [5.41, 5.74) is 4.39. The number of rotatable bonds is 7. The van der Waals surface area contributed by atoms with E-state index in [9.17, 15) is 9.59 Å². The highest BCUT2D eigenvalue weighted by Gasteiger charge is 2.14. The van der Waals surface area contributed by atoms with Crippen LogP contribution in [0.3, 0.4) is 0 Å². The van der Waals surface area contributed by atoms with Gasteiger partial charge in [-0.15, -0.1) is 0 Å². The minimum Gasteiger partial charge on any atom is -0.497 e. The van der Waals surface area contributed by atoms with E-state index < -0.39 is 0 Å². The summed E-state index contributed by atoms with van der Waals surface area (Å²) >= 11 is 4.58. The van der Waals surface area contributed by atoms with Gasteiger partial charge in [0.15, 0.2) is 5.16 Å². The number of benzene rings is 3.